The topological polar surface area (TPSA) is 116 Å². The number of amides is 1. The first-order valence-corrected chi connectivity index (χ1v) is 6.44. The molecule has 0 bridgehead atoms. The second kappa shape index (κ2) is 9.60. The van der Waals surface area contributed by atoms with Crippen molar-refractivity contribution in [3.05, 3.63) is 29.8 Å². The predicted octanol–water partition coefficient (Wildman–Crippen LogP) is 1.99. The Morgan fingerprint density at radius 1 is 0.885 bits per heavy atom. The molecule has 1 aliphatic rings. The molecule has 0 saturated carbocycles. The van der Waals surface area contributed by atoms with Crippen molar-refractivity contribution in [1.29, 1.82) is 0 Å². The van der Waals surface area contributed by atoms with Crippen LogP contribution in [-0.4, -0.2) is 47.0 Å². The van der Waals surface area contributed by atoms with E-state index in [2.05, 4.69) is 10.6 Å². The van der Waals surface area contributed by atoms with E-state index in [0.717, 1.165) is 17.8 Å². The van der Waals surface area contributed by atoms with Crippen molar-refractivity contribution in [3.63, 3.8) is 0 Å². The van der Waals surface area contributed by atoms with Gasteiger partial charge in [0.15, 0.2) is 0 Å². The van der Waals surface area contributed by atoms with Gasteiger partial charge in [-0.1, -0.05) is 18.2 Å². The van der Waals surface area contributed by atoms with Crippen LogP contribution in [0.1, 0.15) is 5.56 Å². The summed E-state index contributed by atoms with van der Waals surface area (Å²) in [5, 5.41) is 20.1. The number of hydrogen-bond donors (Lipinski definition) is 4. The van der Waals surface area contributed by atoms with Gasteiger partial charge >= 0.3 is 24.3 Å². The number of rotatable bonds is 0. The zero-order chi connectivity index (χ0) is 20.5. The summed E-state index contributed by atoms with van der Waals surface area (Å²) in [4.78, 5) is 28.9. The number of alkyl halides is 6. The highest BCUT2D eigenvalue weighted by Gasteiger charge is 2.38. The molecule has 2 rings (SSSR count). The molecule has 26 heavy (non-hydrogen) atoms. The van der Waals surface area contributed by atoms with Crippen molar-refractivity contribution in [3.8, 4) is 0 Å². The van der Waals surface area contributed by atoms with Crippen molar-refractivity contribution in [2.24, 2.45) is 0 Å². The number of nitrogens with one attached hydrogen (secondary N) is 2. The second-order valence-corrected chi connectivity index (χ2v) is 4.41. The lowest BCUT2D eigenvalue weighted by Crippen LogP contribution is -2.23. The first kappa shape index (κ1) is 23.2. The highest BCUT2D eigenvalue weighted by Crippen LogP contribution is 2.16. The van der Waals surface area contributed by atoms with Crippen LogP contribution >= 0.6 is 0 Å². The maximum Gasteiger partial charge on any atom is 0.490 e. The molecular formula is C13H12F6N2O5. The lowest BCUT2D eigenvalue weighted by molar-refractivity contribution is -0.193. The van der Waals surface area contributed by atoms with E-state index >= 15 is 0 Å². The smallest absolute Gasteiger partial charge is 0.475 e. The Morgan fingerprint density at radius 2 is 1.31 bits per heavy atom. The molecule has 1 amide bonds. The van der Waals surface area contributed by atoms with Gasteiger partial charge in [0.1, 0.15) is 0 Å². The van der Waals surface area contributed by atoms with Gasteiger partial charge in [0.25, 0.3) is 0 Å². The van der Waals surface area contributed by atoms with Gasteiger partial charge < -0.3 is 20.8 Å². The molecule has 1 aromatic rings. The number of para-hydroxylation sites is 1. The van der Waals surface area contributed by atoms with Crippen molar-refractivity contribution < 1.29 is 50.9 Å². The quantitative estimate of drug-likeness (QED) is 0.504. The molecule has 0 fully saturated rings. The van der Waals surface area contributed by atoms with E-state index in [4.69, 9.17) is 19.8 Å². The van der Waals surface area contributed by atoms with Crippen molar-refractivity contribution in [2.45, 2.75) is 18.9 Å². The molecule has 1 aliphatic heterocycles. The largest absolute Gasteiger partial charge is 0.490 e. The lowest BCUT2D eigenvalue weighted by Gasteiger charge is -2.03. The molecule has 0 unspecified atom stereocenters. The molecule has 4 N–H and O–H groups in total. The summed E-state index contributed by atoms with van der Waals surface area (Å²) in [5.74, 6) is -5.49. The number of aliphatic carboxylic acids is 2. The molecular weight excluding hydrogens is 378 g/mol. The SMILES string of the molecule is O=C(O)C(F)(F)F.O=C(O)C(F)(F)F.O=C1CNCc2ccccc2N1. The van der Waals surface area contributed by atoms with Crippen molar-refractivity contribution in [2.75, 3.05) is 11.9 Å². The average Bonchev–Trinajstić information content (AvgIpc) is 2.67. The molecule has 146 valence electrons. The van der Waals surface area contributed by atoms with Gasteiger partial charge in [-0.2, -0.15) is 26.3 Å². The van der Waals surface area contributed by atoms with Crippen LogP contribution in [0.4, 0.5) is 32.0 Å². The molecule has 1 aromatic carbocycles. The molecule has 7 nitrogen and oxygen atoms in total. The highest BCUT2D eigenvalue weighted by atomic mass is 19.4. The molecule has 1 heterocycles. The Labute approximate surface area is 141 Å². The van der Waals surface area contributed by atoms with Crippen LogP contribution in [0.25, 0.3) is 0 Å². The molecule has 0 atom stereocenters. The third-order valence-corrected chi connectivity index (χ3v) is 2.38. The minimum atomic E-state index is -5.08. The first-order chi connectivity index (χ1) is 11.7. The minimum absolute atomic E-state index is 0.0277. The summed E-state index contributed by atoms with van der Waals surface area (Å²) < 4.78 is 63.5. The molecule has 0 aromatic heterocycles. The predicted molar refractivity (Wildman–Crippen MR) is 74.2 cm³/mol. The van der Waals surface area contributed by atoms with Crippen LogP contribution in [0.5, 0.6) is 0 Å². The van der Waals surface area contributed by atoms with E-state index in [0.29, 0.717) is 6.54 Å². The van der Waals surface area contributed by atoms with E-state index < -0.39 is 24.3 Å². The van der Waals surface area contributed by atoms with Gasteiger partial charge in [-0.25, -0.2) is 9.59 Å². The van der Waals surface area contributed by atoms with Crippen molar-refractivity contribution >= 4 is 23.5 Å². The average molecular weight is 390 g/mol. The zero-order valence-electron chi connectivity index (χ0n) is 12.6. The van der Waals surface area contributed by atoms with E-state index in [1.807, 2.05) is 24.3 Å². The number of halogens is 6. The fourth-order valence-corrected chi connectivity index (χ4v) is 1.30. The number of benzene rings is 1. The summed E-state index contributed by atoms with van der Waals surface area (Å²) in [6, 6.07) is 7.82. The Morgan fingerprint density at radius 3 is 1.73 bits per heavy atom. The number of carbonyl (C=O) groups is 3. The third-order valence-electron chi connectivity index (χ3n) is 2.38. The second-order valence-electron chi connectivity index (χ2n) is 4.41. The van der Waals surface area contributed by atoms with E-state index in [9.17, 15) is 31.1 Å². The number of carboxylic acid groups (broad SMARTS) is 2. The standard InChI is InChI=1S/C9H10N2O.2C2HF3O2/c12-9-6-10-5-7-3-1-2-4-8(7)11-9;2*3-2(4,5)1(6)7/h1-4,10H,5-6H2,(H,11,12);2*(H,6,7). The molecule has 0 aliphatic carbocycles. The Hall–Kier alpha value is -2.83. The summed E-state index contributed by atoms with van der Waals surface area (Å²) in [5.41, 5.74) is 2.07. The van der Waals surface area contributed by atoms with Crippen LogP contribution in [0, 0.1) is 0 Å². The van der Waals surface area contributed by atoms with Gasteiger partial charge in [0, 0.05) is 12.2 Å². The Balaban J connectivity index is 0.000000390. The fraction of sp³-hybridized carbons (Fsp3) is 0.308. The minimum Gasteiger partial charge on any atom is -0.475 e. The number of hydrogen-bond acceptors (Lipinski definition) is 4. The van der Waals surface area contributed by atoms with Gasteiger partial charge in [-0.3, -0.25) is 4.79 Å². The number of fused-ring (bicyclic) bond motifs is 1. The highest BCUT2D eigenvalue weighted by molar-refractivity contribution is 5.93. The van der Waals surface area contributed by atoms with E-state index in [-0.39, 0.29) is 5.91 Å². The first-order valence-electron chi connectivity index (χ1n) is 6.44. The summed E-state index contributed by atoms with van der Waals surface area (Å²) in [6.45, 7) is 1.16. The van der Waals surface area contributed by atoms with Crippen LogP contribution < -0.4 is 10.6 Å². The zero-order valence-corrected chi connectivity index (χ0v) is 12.6. The molecule has 0 saturated heterocycles. The van der Waals surface area contributed by atoms with Crippen LogP contribution in [-0.2, 0) is 20.9 Å². The number of carbonyl (C=O) groups excluding carboxylic acids is 1. The van der Waals surface area contributed by atoms with Gasteiger partial charge in [-0.05, 0) is 11.6 Å². The Kier molecular flexibility index (Phi) is 8.56. The van der Waals surface area contributed by atoms with Gasteiger partial charge in [-0.15, -0.1) is 0 Å². The number of carboxylic acids is 2. The van der Waals surface area contributed by atoms with Crippen LogP contribution in [0.3, 0.4) is 0 Å². The van der Waals surface area contributed by atoms with Crippen LogP contribution in [0.15, 0.2) is 24.3 Å². The monoisotopic (exact) mass is 390 g/mol. The van der Waals surface area contributed by atoms with E-state index in [1.165, 1.54) is 0 Å². The fourth-order valence-electron chi connectivity index (χ4n) is 1.30. The van der Waals surface area contributed by atoms with Crippen molar-refractivity contribution in [1.82, 2.24) is 5.32 Å². The normalized spacial score (nSPS) is 13.5. The lowest BCUT2D eigenvalue weighted by atomic mass is 10.2. The van der Waals surface area contributed by atoms with Crippen LogP contribution in [0.2, 0.25) is 0 Å². The number of anilines is 1. The maximum atomic E-state index is 11.1. The van der Waals surface area contributed by atoms with Gasteiger partial charge in [0.05, 0.1) is 6.54 Å². The summed E-state index contributed by atoms with van der Waals surface area (Å²) in [7, 11) is 0. The Bertz CT molecular complexity index is 621. The summed E-state index contributed by atoms with van der Waals surface area (Å²) in [6.07, 6.45) is -10.2. The molecule has 0 radical (unpaired) electrons. The van der Waals surface area contributed by atoms with E-state index in [1.54, 1.807) is 0 Å². The summed E-state index contributed by atoms with van der Waals surface area (Å²) >= 11 is 0. The van der Waals surface area contributed by atoms with Gasteiger partial charge in [0.2, 0.25) is 5.91 Å². The maximum absolute atomic E-state index is 11.1. The molecule has 0 spiro atoms. The molecule has 13 heteroatoms. The third kappa shape index (κ3) is 9.46.